The fourth-order valence-corrected chi connectivity index (χ4v) is 3.00. The molecule has 0 amide bonds. The molecular weight excluding hydrogens is 260 g/mol. The second kappa shape index (κ2) is 5.16. The SMILES string of the molecule is COC1(CNCc2[nH]c3ccccc3c2Cl)CCC1. The van der Waals surface area contributed by atoms with Crippen molar-refractivity contribution in [3.8, 4) is 0 Å². The second-order valence-corrected chi connectivity index (χ2v) is 5.69. The summed E-state index contributed by atoms with van der Waals surface area (Å²) in [5.41, 5.74) is 2.20. The first-order chi connectivity index (χ1) is 9.24. The van der Waals surface area contributed by atoms with Gasteiger partial charge >= 0.3 is 0 Å². The van der Waals surface area contributed by atoms with Crippen LogP contribution >= 0.6 is 11.6 Å². The van der Waals surface area contributed by atoms with Gasteiger partial charge in [0.25, 0.3) is 0 Å². The minimum absolute atomic E-state index is 0.0541. The standard InChI is InChI=1S/C15H19ClN2O/c1-19-15(7-4-8-15)10-17-9-13-14(16)11-5-2-3-6-12(11)18-13/h2-3,5-6,17-18H,4,7-10H2,1H3. The van der Waals surface area contributed by atoms with Gasteiger partial charge in [-0.2, -0.15) is 0 Å². The lowest BCUT2D eigenvalue weighted by Crippen LogP contribution is -2.47. The zero-order valence-corrected chi connectivity index (χ0v) is 11.9. The van der Waals surface area contributed by atoms with Crippen molar-refractivity contribution in [2.45, 2.75) is 31.4 Å². The molecule has 3 nitrogen and oxygen atoms in total. The van der Waals surface area contributed by atoms with Gasteiger partial charge in [-0.05, 0) is 25.3 Å². The Hall–Kier alpha value is -1.03. The van der Waals surface area contributed by atoms with Crippen LogP contribution in [0, 0.1) is 0 Å². The fraction of sp³-hybridized carbons (Fsp3) is 0.467. The lowest BCUT2D eigenvalue weighted by Gasteiger charge is -2.40. The van der Waals surface area contributed by atoms with Crippen molar-refractivity contribution in [3.05, 3.63) is 35.0 Å². The number of halogens is 1. The Morgan fingerprint density at radius 3 is 2.79 bits per heavy atom. The van der Waals surface area contributed by atoms with E-state index in [1.165, 1.54) is 6.42 Å². The number of nitrogens with one attached hydrogen (secondary N) is 2. The molecule has 0 saturated heterocycles. The molecule has 0 radical (unpaired) electrons. The van der Waals surface area contributed by atoms with E-state index < -0.39 is 0 Å². The summed E-state index contributed by atoms with van der Waals surface area (Å²) in [5, 5.41) is 5.37. The van der Waals surface area contributed by atoms with Crippen LogP contribution in [-0.2, 0) is 11.3 Å². The van der Waals surface area contributed by atoms with Gasteiger partial charge in [-0.1, -0.05) is 29.8 Å². The smallest absolute Gasteiger partial charge is 0.0802 e. The van der Waals surface area contributed by atoms with E-state index in [0.29, 0.717) is 0 Å². The summed E-state index contributed by atoms with van der Waals surface area (Å²) in [6.45, 7) is 1.63. The topological polar surface area (TPSA) is 37.0 Å². The number of aromatic nitrogens is 1. The molecule has 2 aromatic rings. The zero-order valence-electron chi connectivity index (χ0n) is 11.1. The van der Waals surface area contributed by atoms with Crippen molar-refractivity contribution < 1.29 is 4.74 Å². The van der Waals surface area contributed by atoms with E-state index in [1.807, 2.05) is 24.3 Å². The molecule has 4 heteroatoms. The third-order valence-corrected chi connectivity index (χ3v) is 4.59. The van der Waals surface area contributed by atoms with Gasteiger partial charge in [-0.3, -0.25) is 0 Å². The Morgan fingerprint density at radius 2 is 2.16 bits per heavy atom. The molecule has 0 bridgehead atoms. The van der Waals surface area contributed by atoms with Crippen LogP contribution in [0.2, 0.25) is 5.02 Å². The second-order valence-electron chi connectivity index (χ2n) is 5.31. The average molecular weight is 279 g/mol. The number of hydrogen-bond acceptors (Lipinski definition) is 2. The molecule has 2 N–H and O–H groups in total. The molecule has 0 unspecified atom stereocenters. The molecule has 1 heterocycles. The molecule has 0 atom stereocenters. The van der Waals surface area contributed by atoms with Crippen LogP contribution in [0.15, 0.2) is 24.3 Å². The molecule has 1 aliphatic rings. The van der Waals surface area contributed by atoms with Gasteiger partial charge in [0.1, 0.15) is 0 Å². The van der Waals surface area contributed by atoms with Gasteiger partial charge in [0.2, 0.25) is 0 Å². The van der Waals surface area contributed by atoms with Crippen LogP contribution in [0.5, 0.6) is 0 Å². The third-order valence-electron chi connectivity index (χ3n) is 4.16. The Labute approximate surface area is 118 Å². The lowest BCUT2D eigenvalue weighted by molar-refractivity contribution is -0.0695. The number of H-pyrrole nitrogens is 1. The molecule has 1 aromatic carbocycles. The fourth-order valence-electron chi connectivity index (χ4n) is 2.72. The number of fused-ring (bicyclic) bond motifs is 1. The van der Waals surface area contributed by atoms with Crippen molar-refractivity contribution in [2.24, 2.45) is 0 Å². The summed E-state index contributed by atoms with van der Waals surface area (Å²) in [4.78, 5) is 3.37. The molecule has 1 saturated carbocycles. The number of aromatic amines is 1. The van der Waals surface area contributed by atoms with Gasteiger partial charge in [0, 0.05) is 36.8 Å². The van der Waals surface area contributed by atoms with Crippen LogP contribution < -0.4 is 5.32 Å². The van der Waals surface area contributed by atoms with Crippen molar-refractivity contribution in [1.29, 1.82) is 0 Å². The Morgan fingerprint density at radius 1 is 1.37 bits per heavy atom. The monoisotopic (exact) mass is 278 g/mol. The van der Waals surface area contributed by atoms with E-state index in [1.54, 1.807) is 7.11 Å². The normalized spacial score (nSPS) is 17.6. The number of rotatable bonds is 5. The summed E-state index contributed by atoms with van der Waals surface area (Å²) in [7, 11) is 1.80. The molecule has 3 rings (SSSR count). The Balaban J connectivity index is 1.67. The molecular formula is C15H19ClN2O. The first-order valence-corrected chi connectivity index (χ1v) is 7.13. The van der Waals surface area contributed by atoms with Crippen LogP contribution in [0.1, 0.15) is 25.0 Å². The Bertz CT molecular complexity index is 569. The average Bonchev–Trinajstić information content (AvgIpc) is 2.70. The van der Waals surface area contributed by atoms with Crippen molar-refractivity contribution in [3.63, 3.8) is 0 Å². The van der Waals surface area contributed by atoms with Gasteiger partial charge in [0.15, 0.2) is 0 Å². The van der Waals surface area contributed by atoms with Crippen molar-refractivity contribution in [1.82, 2.24) is 10.3 Å². The maximum Gasteiger partial charge on any atom is 0.0802 e. The van der Waals surface area contributed by atoms with Crippen LogP contribution in [0.3, 0.4) is 0 Å². The van der Waals surface area contributed by atoms with Gasteiger partial charge < -0.3 is 15.0 Å². The zero-order chi connectivity index (χ0) is 13.3. The summed E-state index contributed by atoms with van der Waals surface area (Å²) in [6.07, 6.45) is 3.57. The van der Waals surface area contributed by atoms with E-state index in [-0.39, 0.29) is 5.60 Å². The van der Waals surface area contributed by atoms with Gasteiger partial charge in [-0.15, -0.1) is 0 Å². The third kappa shape index (κ3) is 2.38. The van der Waals surface area contributed by atoms with Crippen LogP contribution in [-0.4, -0.2) is 24.2 Å². The van der Waals surface area contributed by atoms with E-state index in [0.717, 1.165) is 47.6 Å². The van der Waals surface area contributed by atoms with E-state index in [4.69, 9.17) is 16.3 Å². The number of methoxy groups -OCH3 is 1. The molecule has 1 aromatic heterocycles. The molecule has 1 fully saturated rings. The minimum Gasteiger partial charge on any atom is -0.377 e. The predicted octanol–water partition coefficient (Wildman–Crippen LogP) is 3.48. The molecule has 1 aliphatic carbocycles. The van der Waals surface area contributed by atoms with Gasteiger partial charge in [0.05, 0.1) is 10.6 Å². The van der Waals surface area contributed by atoms with E-state index in [2.05, 4.69) is 10.3 Å². The van der Waals surface area contributed by atoms with Gasteiger partial charge in [-0.25, -0.2) is 0 Å². The molecule has 102 valence electrons. The van der Waals surface area contributed by atoms with Crippen molar-refractivity contribution in [2.75, 3.05) is 13.7 Å². The highest BCUT2D eigenvalue weighted by molar-refractivity contribution is 6.36. The summed E-state index contributed by atoms with van der Waals surface area (Å²) >= 11 is 6.39. The largest absolute Gasteiger partial charge is 0.377 e. The Kier molecular flexibility index (Phi) is 3.52. The quantitative estimate of drug-likeness (QED) is 0.879. The number of ether oxygens (including phenoxy) is 1. The predicted molar refractivity (Wildman–Crippen MR) is 78.6 cm³/mol. The maximum atomic E-state index is 6.39. The molecule has 0 aliphatic heterocycles. The summed E-state index contributed by atoms with van der Waals surface area (Å²) in [6, 6.07) is 8.11. The van der Waals surface area contributed by atoms with E-state index in [9.17, 15) is 0 Å². The summed E-state index contributed by atoms with van der Waals surface area (Å²) < 4.78 is 5.60. The first-order valence-electron chi connectivity index (χ1n) is 6.75. The van der Waals surface area contributed by atoms with E-state index >= 15 is 0 Å². The molecule has 0 spiro atoms. The minimum atomic E-state index is 0.0541. The van der Waals surface area contributed by atoms with Crippen LogP contribution in [0.25, 0.3) is 10.9 Å². The van der Waals surface area contributed by atoms with Crippen LogP contribution in [0.4, 0.5) is 0 Å². The lowest BCUT2D eigenvalue weighted by atomic mass is 9.80. The highest BCUT2D eigenvalue weighted by Gasteiger charge is 2.36. The highest BCUT2D eigenvalue weighted by atomic mass is 35.5. The maximum absolute atomic E-state index is 6.39. The number of hydrogen-bond donors (Lipinski definition) is 2. The first kappa shape index (κ1) is 13.0. The highest BCUT2D eigenvalue weighted by Crippen LogP contribution is 2.34. The number of benzene rings is 1. The number of para-hydroxylation sites is 1. The molecule has 19 heavy (non-hydrogen) atoms. The summed E-state index contributed by atoms with van der Waals surface area (Å²) in [5.74, 6) is 0. The van der Waals surface area contributed by atoms with Crippen molar-refractivity contribution >= 4 is 22.5 Å².